The minimum absolute atomic E-state index is 0.622. The standard InChI is InChI=1S/C15H14O2S/c1-11-7-8-12(10-16)9-14(11)17-13-5-3-4-6-15(13)18-2/h3-10H,1-2H3. The second-order valence-corrected chi connectivity index (χ2v) is 4.74. The molecule has 2 rings (SSSR count). The van der Waals surface area contributed by atoms with Crippen LogP contribution in [0.15, 0.2) is 47.4 Å². The summed E-state index contributed by atoms with van der Waals surface area (Å²) in [6.45, 7) is 1.96. The van der Waals surface area contributed by atoms with Crippen molar-refractivity contribution in [2.24, 2.45) is 0 Å². The topological polar surface area (TPSA) is 26.3 Å². The highest BCUT2D eigenvalue weighted by atomic mass is 32.2. The summed E-state index contributed by atoms with van der Waals surface area (Å²) in [5, 5.41) is 0. The van der Waals surface area contributed by atoms with Gasteiger partial charge in [-0.2, -0.15) is 0 Å². The van der Waals surface area contributed by atoms with Crippen LogP contribution >= 0.6 is 11.8 Å². The Kier molecular flexibility index (Phi) is 4.05. The van der Waals surface area contributed by atoms with Crippen LogP contribution in [-0.4, -0.2) is 12.5 Å². The third kappa shape index (κ3) is 2.74. The van der Waals surface area contributed by atoms with Crippen molar-refractivity contribution in [3.05, 3.63) is 53.6 Å². The first kappa shape index (κ1) is 12.7. The zero-order valence-corrected chi connectivity index (χ0v) is 11.2. The average molecular weight is 258 g/mol. The molecular weight excluding hydrogens is 244 g/mol. The second-order valence-electron chi connectivity index (χ2n) is 3.90. The molecule has 0 fully saturated rings. The summed E-state index contributed by atoms with van der Waals surface area (Å²) in [5.74, 6) is 1.54. The summed E-state index contributed by atoms with van der Waals surface area (Å²) >= 11 is 1.64. The molecule has 0 aliphatic heterocycles. The normalized spacial score (nSPS) is 10.1. The lowest BCUT2D eigenvalue weighted by Crippen LogP contribution is -1.91. The lowest BCUT2D eigenvalue weighted by Gasteiger charge is -2.11. The molecular formula is C15H14O2S. The highest BCUT2D eigenvalue weighted by molar-refractivity contribution is 7.98. The molecule has 0 atom stereocenters. The zero-order chi connectivity index (χ0) is 13.0. The Morgan fingerprint density at radius 3 is 2.61 bits per heavy atom. The molecule has 0 saturated carbocycles. The van der Waals surface area contributed by atoms with E-state index in [-0.39, 0.29) is 0 Å². The zero-order valence-electron chi connectivity index (χ0n) is 10.3. The van der Waals surface area contributed by atoms with Crippen molar-refractivity contribution in [1.29, 1.82) is 0 Å². The third-order valence-electron chi connectivity index (χ3n) is 2.64. The molecule has 0 N–H and O–H groups in total. The van der Waals surface area contributed by atoms with Crippen molar-refractivity contribution < 1.29 is 9.53 Å². The number of hydrogen-bond acceptors (Lipinski definition) is 3. The van der Waals surface area contributed by atoms with E-state index in [4.69, 9.17) is 4.74 Å². The maximum atomic E-state index is 10.8. The van der Waals surface area contributed by atoms with Gasteiger partial charge in [0.25, 0.3) is 0 Å². The van der Waals surface area contributed by atoms with Crippen molar-refractivity contribution in [3.8, 4) is 11.5 Å². The van der Waals surface area contributed by atoms with E-state index in [0.29, 0.717) is 5.56 Å². The summed E-state index contributed by atoms with van der Waals surface area (Å²) in [6.07, 6.45) is 2.84. The van der Waals surface area contributed by atoms with E-state index in [0.717, 1.165) is 28.2 Å². The first-order valence-electron chi connectivity index (χ1n) is 5.61. The minimum Gasteiger partial charge on any atom is -0.456 e. The van der Waals surface area contributed by atoms with Crippen LogP contribution in [0.4, 0.5) is 0 Å². The van der Waals surface area contributed by atoms with Crippen LogP contribution in [0, 0.1) is 6.92 Å². The van der Waals surface area contributed by atoms with Crippen molar-refractivity contribution in [3.63, 3.8) is 0 Å². The average Bonchev–Trinajstić information content (AvgIpc) is 2.42. The van der Waals surface area contributed by atoms with Crippen LogP contribution in [0.3, 0.4) is 0 Å². The predicted octanol–water partition coefficient (Wildman–Crippen LogP) is 4.32. The SMILES string of the molecule is CSc1ccccc1Oc1cc(C=O)ccc1C. The smallest absolute Gasteiger partial charge is 0.150 e. The van der Waals surface area contributed by atoms with Gasteiger partial charge in [0.2, 0.25) is 0 Å². The predicted molar refractivity (Wildman–Crippen MR) is 74.9 cm³/mol. The minimum atomic E-state index is 0.622. The van der Waals surface area contributed by atoms with Gasteiger partial charge in [0.1, 0.15) is 17.8 Å². The van der Waals surface area contributed by atoms with E-state index in [1.54, 1.807) is 23.9 Å². The Bertz CT molecular complexity index is 564. The summed E-state index contributed by atoms with van der Waals surface area (Å²) in [4.78, 5) is 11.9. The summed E-state index contributed by atoms with van der Waals surface area (Å²) in [7, 11) is 0. The Morgan fingerprint density at radius 1 is 1.11 bits per heavy atom. The fourth-order valence-corrected chi connectivity index (χ4v) is 2.15. The van der Waals surface area contributed by atoms with Crippen LogP contribution in [0.2, 0.25) is 0 Å². The first-order valence-corrected chi connectivity index (χ1v) is 6.84. The van der Waals surface area contributed by atoms with E-state index in [9.17, 15) is 4.79 Å². The van der Waals surface area contributed by atoms with E-state index in [1.165, 1.54) is 0 Å². The molecule has 0 amide bonds. The van der Waals surface area contributed by atoms with Crippen LogP contribution in [0.25, 0.3) is 0 Å². The molecule has 0 aliphatic rings. The number of benzene rings is 2. The number of ether oxygens (including phenoxy) is 1. The highest BCUT2D eigenvalue weighted by Gasteiger charge is 2.06. The number of carbonyl (C=O) groups excluding carboxylic acids is 1. The Hall–Kier alpha value is -1.74. The van der Waals surface area contributed by atoms with Gasteiger partial charge in [-0.05, 0) is 36.9 Å². The van der Waals surface area contributed by atoms with Gasteiger partial charge >= 0.3 is 0 Å². The van der Waals surface area contributed by atoms with Gasteiger partial charge < -0.3 is 4.74 Å². The third-order valence-corrected chi connectivity index (χ3v) is 3.41. The number of aryl methyl sites for hydroxylation is 1. The molecule has 92 valence electrons. The van der Waals surface area contributed by atoms with Gasteiger partial charge in [-0.15, -0.1) is 11.8 Å². The molecule has 2 nitrogen and oxygen atoms in total. The van der Waals surface area contributed by atoms with Gasteiger partial charge in [0.05, 0.1) is 0 Å². The molecule has 3 heteroatoms. The van der Waals surface area contributed by atoms with Crippen LogP contribution < -0.4 is 4.74 Å². The Labute approximate surface area is 111 Å². The van der Waals surface area contributed by atoms with Crippen molar-refractivity contribution >= 4 is 18.0 Å². The van der Waals surface area contributed by atoms with Crippen LogP contribution in [-0.2, 0) is 0 Å². The molecule has 2 aromatic rings. The number of rotatable bonds is 4. The van der Waals surface area contributed by atoms with E-state index in [1.807, 2.05) is 43.5 Å². The fraction of sp³-hybridized carbons (Fsp3) is 0.133. The van der Waals surface area contributed by atoms with E-state index < -0.39 is 0 Å². The van der Waals surface area contributed by atoms with Crippen molar-refractivity contribution in [2.45, 2.75) is 11.8 Å². The second kappa shape index (κ2) is 5.74. The maximum Gasteiger partial charge on any atom is 0.150 e. The van der Waals surface area contributed by atoms with E-state index >= 15 is 0 Å². The largest absolute Gasteiger partial charge is 0.456 e. The molecule has 0 spiro atoms. The van der Waals surface area contributed by atoms with Crippen LogP contribution in [0.1, 0.15) is 15.9 Å². The number of para-hydroxylation sites is 1. The molecule has 0 saturated heterocycles. The fourth-order valence-electron chi connectivity index (χ4n) is 1.62. The molecule has 2 aromatic carbocycles. The Morgan fingerprint density at radius 2 is 1.89 bits per heavy atom. The molecule has 0 unspecified atom stereocenters. The van der Waals surface area contributed by atoms with Gasteiger partial charge in [-0.1, -0.05) is 24.3 Å². The lowest BCUT2D eigenvalue weighted by molar-refractivity contribution is 0.112. The molecule has 0 aliphatic carbocycles. The molecule has 18 heavy (non-hydrogen) atoms. The summed E-state index contributed by atoms with van der Waals surface area (Å²) in [6, 6.07) is 13.3. The number of hydrogen-bond donors (Lipinski definition) is 0. The number of aldehydes is 1. The molecule has 0 bridgehead atoms. The molecule has 0 aromatic heterocycles. The Balaban J connectivity index is 2.36. The van der Waals surface area contributed by atoms with Crippen molar-refractivity contribution in [2.75, 3.05) is 6.26 Å². The summed E-state index contributed by atoms with van der Waals surface area (Å²) < 4.78 is 5.89. The lowest BCUT2D eigenvalue weighted by atomic mass is 10.1. The molecule has 0 radical (unpaired) electrons. The molecule has 0 heterocycles. The number of carbonyl (C=O) groups is 1. The highest BCUT2D eigenvalue weighted by Crippen LogP contribution is 2.32. The summed E-state index contributed by atoms with van der Waals surface area (Å²) in [5.41, 5.74) is 1.63. The first-order chi connectivity index (χ1) is 8.74. The number of thioether (sulfide) groups is 1. The quantitative estimate of drug-likeness (QED) is 0.603. The van der Waals surface area contributed by atoms with Gasteiger partial charge in [-0.3, -0.25) is 4.79 Å². The van der Waals surface area contributed by atoms with Crippen molar-refractivity contribution in [1.82, 2.24) is 0 Å². The van der Waals surface area contributed by atoms with Crippen LogP contribution in [0.5, 0.6) is 11.5 Å². The van der Waals surface area contributed by atoms with Gasteiger partial charge in [0.15, 0.2) is 0 Å². The monoisotopic (exact) mass is 258 g/mol. The van der Waals surface area contributed by atoms with Gasteiger partial charge in [0, 0.05) is 10.5 Å². The van der Waals surface area contributed by atoms with Gasteiger partial charge in [-0.25, -0.2) is 0 Å². The maximum absolute atomic E-state index is 10.8. The van der Waals surface area contributed by atoms with E-state index in [2.05, 4.69) is 0 Å².